The Morgan fingerprint density at radius 3 is 0.692 bits per heavy atom. The number of benzene rings is 15. The molecule has 0 radical (unpaired) electrons. The number of aryl methyl sites for hydroxylation is 2. The average molecular weight is 1690 g/mol. The van der Waals surface area contributed by atoms with Crippen molar-refractivity contribution in [1.82, 2.24) is 0 Å². The highest BCUT2D eigenvalue weighted by Crippen LogP contribution is 2.60. The molecule has 0 bridgehead atoms. The van der Waals surface area contributed by atoms with Gasteiger partial charge >= 0.3 is 0 Å². The minimum absolute atomic E-state index is 0.0176. The summed E-state index contributed by atoms with van der Waals surface area (Å²) in [6, 6.07) is 132. The number of anilines is 10. The first kappa shape index (κ1) is 87.2. The van der Waals surface area contributed by atoms with Crippen LogP contribution in [0.2, 0.25) is 0 Å². The maximum absolute atomic E-state index is 2.61. The minimum Gasteiger partial charge on any atom is -0.310 e. The Labute approximate surface area is 775 Å². The smallest absolute Gasteiger partial charge is 0.0558 e. The van der Waals surface area contributed by atoms with E-state index in [0.29, 0.717) is 6.42 Å². The Balaban J connectivity index is 0.914. The topological polar surface area (TPSA) is 13.0 Å². The quantitative estimate of drug-likeness (QED) is 0.0849. The van der Waals surface area contributed by atoms with E-state index in [1.807, 2.05) is 0 Å². The van der Waals surface area contributed by atoms with Crippen LogP contribution in [0.15, 0.2) is 387 Å². The third kappa shape index (κ3) is 17.7. The summed E-state index contributed by atoms with van der Waals surface area (Å²) in [6.07, 6.45) is 10.8. The molecule has 0 amide bonds. The van der Waals surface area contributed by atoms with E-state index >= 15 is 0 Å². The van der Waals surface area contributed by atoms with Gasteiger partial charge < -0.3 is 19.6 Å². The fourth-order valence-electron chi connectivity index (χ4n) is 19.0. The summed E-state index contributed by atoms with van der Waals surface area (Å²) in [5.41, 5.74) is 43.3. The fourth-order valence-corrected chi connectivity index (χ4v) is 19.0. The second-order valence-corrected chi connectivity index (χ2v) is 42.5. The second kappa shape index (κ2) is 34.2. The van der Waals surface area contributed by atoms with E-state index in [1.165, 1.54) is 106 Å². The molecule has 0 heterocycles. The van der Waals surface area contributed by atoms with Gasteiger partial charge in [0.15, 0.2) is 0 Å². The van der Waals surface area contributed by atoms with Gasteiger partial charge in [0.1, 0.15) is 0 Å². The van der Waals surface area contributed by atoms with Gasteiger partial charge in [0.05, 0.1) is 22.8 Å². The van der Waals surface area contributed by atoms with E-state index in [2.05, 4.69) is 528 Å². The molecule has 648 valence electrons. The zero-order valence-electron chi connectivity index (χ0n) is 79.8. The SMILES string of the molecule is Cc1ccc(N(C2=C3C=Cc4c(N(c5ccc(-c6ccc(C(C)(C)C)cc6)cc5)c5ccc(-c6ccc(C(C)(C)C)cc6)cc5)cc(N(c5ccc(C)cc5)c5ccc(-c6ccc(C(C)(C)C)cc6)cc5)c5c4C3C(=CC5)C(N(c3ccc(-c4ccc(C(C)(C)C)cc4)cc3)c3ccc(-c4ccc(C(C)(C)C)cc4)cc3)=C2)c2ccc(-c3ccc(C(C)(C)C)cc3)cc2)cc1. The standard InChI is InChI=1S/C126H124N4/c1-83-21-61-103(62-22-83)127(105-65-37-91(38-66-105)85-25-49-97(50-26-85)121(3,4)5)115-81-117(129(107-69-41-93(42-70-107)87-29-53-99(54-30-87)123(9,10)11)108-71-43-94(44-72-108)88-31-55-100(56-32-88)124(12,13)14)113-80-78-112-116(128(104-63-23-84(2)24-64-104)106-67-39-92(40-68-106)86-27-51-98(52-28-86)122(6,7)8)82-118(114-79-77-111(115)119(113)120(112)114)130(109-73-45-95(46-74-109)89-33-57-101(58-34-89)125(15,16)17)110-75-47-96(48-76-110)90-35-59-102(60-36-90)126(18,19)20/h21-77,79-82,119H,78H2,1-20H3. The predicted octanol–water partition coefficient (Wildman–Crippen LogP) is 35.5. The van der Waals surface area contributed by atoms with E-state index < -0.39 is 0 Å². The first-order valence-electron chi connectivity index (χ1n) is 46.7. The summed E-state index contributed by atoms with van der Waals surface area (Å²) in [5, 5.41) is 0. The molecule has 3 aliphatic rings. The minimum atomic E-state index is -0.327. The molecule has 0 saturated carbocycles. The van der Waals surface area contributed by atoms with Crippen molar-refractivity contribution >= 4 is 62.9 Å². The van der Waals surface area contributed by atoms with Gasteiger partial charge in [0.2, 0.25) is 0 Å². The van der Waals surface area contributed by atoms with Crippen LogP contribution in [0.1, 0.15) is 192 Å². The Hall–Kier alpha value is -13.5. The van der Waals surface area contributed by atoms with E-state index in [9.17, 15) is 0 Å². The summed E-state index contributed by atoms with van der Waals surface area (Å²) in [6.45, 7) is 45.6. The second-order valence-electron chi connectivity index (χ2n) is 42.5. The van der Waals surface area contributed by atoms with Gasteiger partial charge in [-0.05, 0) is 284 Å². The maximum atomic E-state index is 2.61. The van der Waals surface area contributed by atoms with Crippen LogP contribution in [-0.4, -0.2) is 0 Å². The van der Waals surface area contributed by atoms with Crippen LogP contribution in [0.25, 0.3) is 72.8 Å². The van der Waals surface area contributed by atoms with Crippen LogP contribution in [0.4, 0.5) is 56.9 Å². The van der Waals surface area contributed by atoms with Gasteiger partial charge in [0.25, 0.3) is 0 Å². The van der Waals surface area contributed by atoms with Gasteiger partial charge in [0, 0.05) is 57.0 Å². The number of nitrogens with zero attached hydrogens (tertiary/aromatic N) is 4. The van der Waals surface area contributed by atoms with Gasteiger partial charge in [-0.25, -0.2) is 0 Å². The molecule has 0 spiro atoms. The summed E-state index contributed by atoms with van der Waals surface area (Å²) >= 11 is 0. The Kier molecular flexibility index (Phi) is 22.9. The molecule has 15 aromatic rings. The van der Waals surface area contributed by atoms with E-state index in [0.717, 1.165) is 102 Å². The van der Waals surface area contributed by atoms with Crippen LogP contribution in [0.5, 0.6) is 0 Å². The van der Waals surface area contributed by atoms with Crippen LogP contribution < -0.4 is 19.6 Å². The third-order valence-electron chi connectivity index (χ3n) is 27.0. The Morgan fingerprint density at radius 1 is 0.231 bits per heavy atom. The predicted molar refractivity (Wildman–Crippen MR) is 559 cm³/mol. The molecule has 1 atom stereocenters. The lowest BCUT2D eigenvalue weighted by Crippen LogP contribution is -2.32. The third-order valence-corrected chi connectivity index (χ3v) is 27.0. The molecule has 1 unspecified atom stereocenters. The first-order chi connectivity index (χ1) is 62.0. The van der Waals surface area contributed by atoms with Crippen LogP contribution in [-0.2, 0) is 38.9 Å². The van der Waals surface area contributed by atoms with Crippen LogP contribution in [0, 0.1) is 13.8 Å². The van der Waals surface area contributed by atoms with Gasteiger partial charge in [-0.1, -0.05) is 397 Å². The monoisotopic (exact) mass is 1690 g/mol. The summed E-state index contributed by atoms with van der Waals surface area (Å²) in [7, 11) is 0. The van der Waals surface area contributed by atoms with Crippen molar-refractivity contribution in [1.29, 1.82) is 0 Å². The van der Waals surface area contributed by atoms with Crippen molar-refractivity contribution in [2.45, 2.75) is 183 Å². The molecule has 0 aliphatic heterocycles. The lowest BCUT2D eigenvalue weighted by Gasteiger charge is -2.45. The number of rotatable bonds is 18. The Morgan fingerprint density at radius 2 is 0.446 bits per heavy atom. The van der Waals surface area contributed by atoms with Crippen LogP contribution in [0.3, 0.4) is 0 Å². The van der Waals surface area contributed by atoms with E-state index in [1.54, 1.807) is 0 Å². The first-order valence-corrected chi connectivity index (χ1v) is 46.7. The molecule has 18 rings (SSSR count). The van der Waals surface area contributed by atoms with Crippen molar-refractivity contribution in [2.75, 3.05) is 19.6 Å². The molecule has 3 aliphatic carbocycles. The normalized spacial score (nSPS) is 13.9. The number of hydrogen-bond acceptors (Lipinski definition) is 4. The van der Waals surface area contributed by atoms with E-state index in [-0.39, 0.29) is 38.4 Å². The fraction of sp³-hybridized carbons (Fsp3) is 0.222. The zero-order valence-corrected chi connectivity index (χ0v) is 79.8. The van der Waals surface area contributed by atoms with Crippen molar-refractivity contribution in [2.24, 2.45) is 0 Å². The highest BCUT2D eigenvalue weighted by atomic mass is 15.2. The maximum Gasteiger partial charge on any atom is 0.0558 e. The molecule has 0 aromatic heterocycles. The highest BCUT2D eigenvalue weighted by molar-refractivity contribution is 5.96. The number of allylic oxidation sites excluding steroid dienone is 5. The lowest BCUT2D eigenvalue weighted by atomic mass is 9.68. The largest absolute Gasteiger partial charge is 0.310 e. The van der Waals surface area contributed by atoms with Crippen molar-refractivity contribution in [3.05, 3.63) is 448 Å². The molecule has 15 aromatic carbocycles. The summed E-state index contributed by atoms with van der Waals surface area (Å²) in [5.74, 6) is -0.327. The summed E-state index contributed by atoms with van der Waals surface area (Å²) in [4.78, 5) is 10.3. The summed E-state index contributed by atoms with van der Waals surface area (Å²) < 4.78 is 0. The molecule has 130 heavy (non-hydrogen) atoms. The molecule has 4 heteroatoms. The molecule has 0 saturated heterocycles. The van der Waals surface area contributed by atoms with Crippen molar-refractivity contribution in [3.63, 3.8) is 0 Å². The molecular formula is C126H124N4. The zero-order chi connectivity index (χ0) is 91.1. The molecular weight excluding hydrogens is 1570 g/mol. The lowest BCUT2D eigenvalue weighted by molar-refractivity contribution is 0.590. The van der Waals surface area contributed by atoms with Crippen molar-refractivity contribution < 1.29 is 0 Å². The van der Waals surface area contributed by atoms with E-state index in [4.69, 9.17) is 0 Å². The van der Waals surface area contributed by atoms with Crippen molar-refractivity contribution in [3.8, 4) is 66.8 Å². The molecule has 0 fully saturated rings. The average Bonchev–Trinajstić information content (AvgIpc) is 0.697. The Bertz CT molecular complexity index is 6560. The molecule has 4 nitrogen and oxygen atoms in total. The number of hydrogen-bond donors (Lipinski definition) is 0. The van der Waals surface area contributed by atoms with Crippen LogP contribution >= 0.6 is 0 Å². The highest BCUT2D eigenvalue weighted by Gasteiger charge is 2.43. The van der Waals surface area contributed by atoms with Gasteiger partial charge in [-0.2, -0.15) is 0 Å². The van der Waals surface area contributed by atoms with Gasteiger partial charge in [-0.15, -0.1) is 0 Å². The molecule has 0 N–H and O–H groups in total. The van der Waals surface area contributed by atoms with Gasteiger partial charge in [-0.3, -0.25) is 0 Å².